The van der Waals surface area contributed by atoms with Crippen LogP contribution in [0, 0.1) is 5.92 Å². The molecule has 0 aliphatic carbocycles. The van der Waals surface area contributed by atoms with Crippen LogP contribution in [0.1, 0.15) is 6.92 Å². The molecule has 2 aliphatic rings. The predicted molar refractivity (Wildman–Crippen MR) is 83.2 cm³/mol. The van der Waals surface area contributed by atoms with E-state index in [1.165, 1.54) is 45.8 Å². The molecule has 2 unspecified atom stereocenters. The van der Waals surface area contributed by atoms with Gasteiger partial charge in [-0.25, -0.2) is 0 Å². The number of nitrogens with one attached hydrogen (secondary N) is 1. The van der Waals surface area contributed by atoms with Crippen molar-refractivity contribution in [3.8, 4) is 0 Å². The van der Waals surface area contributed by atoms with E-state index in [1.54, 1.807) is 0 Å². The molecule has 2 saturated heterocycles. The summed E-state index contributed by atoms with van der Waals surface area (Å²) in [6, 6.07) is 0.562. The smallest absolute Gasteiger partial charge is 0.0623 e. The minimum atomic E-state index is 0.562. The van der Waals surface area contributed by atoms with Crippen LogP contribution in [0.5, 0.6) is 0 Å². The summed E-state index contributed by atoms with van der Waals surface area (Å²) in [5.74, 6) is 0.670. The summed E-state index contributed by atoms with van der Waals surface area (Å²) in [6.07, 6.45) is 0. The van der Waals surface area contributed by atoms with Gasteiger partial charge in [0.2, 0.25) is 0 Å². The van der Waals surface area contributed by atoms with Crippen molar-refractivity contribution in [2.75, 3.05) is 79.7 Å². The molecule has 0 saturated carbocycles. The van der Waals surface area contributed by atoms with Gasteiger partial charge < -0.3 is 19.9 Å². The molecule has 2 heterocycles. The fourth-order valence-corrected chi connectivity index (χ4v) is 3.13. The van der Waals surface area contributed by atoms with Crippen LogP contribution >= 0.6 is 0 Å². The summed E-state index contributed by atoms with van der Waals surface area (Å²) >= 11 is 0. The molecular formula is C15H32N4O. The molecule has 0 aromatic carbocycles. The number of piperazine rings is 1. The highest BCUT2D eigenvalue weighted by atomic mass is 16.5. The fraction of sp³-hybridized carbons (Fsp3) is 1.00. The lowest BCUT2D eigenvalue weighted by molar-refractivity contribution is 0.104. The van der Waals surface area contributed by atoms with E-state index < -0.39 is 0 Å². The van der Waals surface area contributed by atoms with E-state index in [0.29, 0.717) is 12.0 Å². The number of hydrogen-bond acceptors (Lipinski definition) is 5. The number of ether oxygens (including phenoxy) is 1. The highest BCUT2D eigenvalue weighted by Crippen LogP contribution is 2.16. The minimum absolute atomic E-state index is 0.562. The standard InChI is InChI=1S/C15H32N4O/c1-4-16-15-13-20-12-14(15)11-19-9-7-18(8-10-19)6-5-17(2)3/h14-16H,4-13H2,1-3H3. The summed E-state index contributed by atoms with van der Waals surface area (Å²) in [6.45, 7) is 13.5. The maximum absolute atomic E-state index is 5.64. The lowest BCUT2D eigenvalue weighted by atomic mass is 10.0. The zero-order valence-corrected chi connectivity index (χ0v) is 13.5. The second kappa shape index (κ2) is 8.29. The average molecular weight is 284 g/mol. The maximum Gasteiger partial charge on any atom is 0.0623 e. The van der Waals surface area contributed by atoms with Crippen LogP contribution in [0.25, 0.3) is 0 Å². The molecule has 0 amide bonds. The molecule has 5 heteroatoms. The van der Waals surface area contributed by atoms with Gasteiger partial charge in [0.05, 0.1) is 13.2 Å². The lowest BCUT2D eigenvalue weighted by Gasteiger charge is -2.37. The molecule has 0 radical (unpaired) electrons. The zero-order valence-electron chi connectivity index (χ0n) is 13.5. The van der Waals surface area contributed by atoms with E-state index in [0.717, 1.165) is 19.8 Å². The molecular weight excluding hydrogens is 252 g/mol. The van der Waals surface area contributed by atoms with Gasteiger partial charge in [0.1, 0.15) is 0 Å². The van der Waals surface area contributed by atoms with Crippen molar-refractivity contribution >= 4 is 0 Å². The van der Waals surface area contributed by atoms with Crippen LogP contribution in [0.2, 0.25) is 0 Å². The topological polar surface area (TPSA) is 31.0 Å². The molecule has 0 aromatic heterocycles. The Kier molecular flexibility index (Phi) is 6.71. The van der Waals surface area contributed by atoms with Crippen molar-refractivity contribution in [1.82, 2.24) is 20.0 Å². The van der Waals surface area contributed by atoms with Crippen molar-refractivity contribution in [2.24, 2.45) is 5.92 Å². The number of likely N-dealkylation sites (N-methyl/N-ethyl adjacent to an activating group) is 2. The SMILES string of the molecule is CCNC1COCC1CN1CCN(CCN(C)C)CC1. The third-order valence-corrected chi connectivity index (χ3v) is 4.49. The molecule has 0 aromatic rings. The fourth-order valence-electron chi connectivity index (χ4n) is 3.13. The average Bonchev–Trinajstić information content (AvgIpc) is 2.86. The summed E-state index contributed by atoms with van der Waals surface area (Å²) in [5.41, 5.74) is 0. The first-order chi connectivity index (χ1) is 9.69. The zero-order chi connectivity index (χ0) is 14.4. The van der Waals surface area contributed by atoms with Gasteiger partial charge in [-0.2, -0.15) is 0 Å². The van der Waals surface area contributed by atoms with Gasteiger partial charge in [-0.1, -0.05) is 6.92 Å². The van der Waals surface area contributed by atoms with E-state index in [1.807, 2.05) is 0 Å². The maximum atomic E-state index is 5.64. The Labute approximate surface area is 124 Å². The monoisotopic (exact) mass is 284 g/mol. The van der Waals surface area contributed by atoms with E-state index >= 15 is 0 Å². The highest BCUT2D eigenvalue weighted by molar-refractivity contribution is 4.85. The summed E-state index contributed by atoms with van der Waals surface area (Å²) in [5, 5.41) is 3.56. The molecule has 0 bridgehead atoms. The number of nitrogens with zero attached hydrogens (tertiary/aromatic N) is 3. The van der Waals surface area contributed by atoms with Crippen molar-refractivity contribution in [3.05, 3.63) is 0 Å². The van der Waals surface area contributed by atoms with Gasteiger partial charge >= 0.3 is 0 Å². The van der Waals surface area contributed by atoms with Gasteiger partial charge in [0, 0.05) is 57.8 Å². The Hall–Kier alpha value is -0.200. The first-order valence-corrected chi connectivity index (χ1v) is 8.09. The number of hydrogen-bond donors (Lipinski definition) is 1. The Morgan fingerprint density at radius 2 is 1.80 bits per heavy atom. The van der Waals surface area contributed by atoms with Gasteiger partial charge in [0.25, 0.3) is 0 Å². The first-order valence-electron chi connectivity index (χ1n) is 8.09. The lowest BCUT2D eigenvalue weighted by Crippen LogP contribution is -2.51. The molecule has 1 N–H and O–H groups in total. The van der Waals surface area contributed by atoms with Crippen LogP contribution in [-0.4, -0.2) is 100 Å². The van der Waals surface area contributed by atoms with Crippen LogP contribution in [0.15, 0.2) is 0 Å². The van der Waals surface area contributed by atoms with Crippen LogP contribution in [0.4, 0.5) is 0 Å². The van der Waals surface area contributed by atoms with E-state index in [-0.39, 0.29) is 0 Å². The summed E-state index contributed by atoms with van der Waals surface area (Å²) in [7, 11) is 4.30. The van der Waals surface area contributed by atoms with E-state index in [2.05, 4.69) is 41.0 Å². The Bertz CT molecular complexity index is 267. The largest absolute Gasteiger partial charge is 0.379 e. The Morgan fingerprint density at radius 3 is 2.45 bits per heavy atom. The van der Waals surface area contributed by atoms with Gasteiger partial charge in [-0.15, -0.1) is 0 Å². The quantitative estimate of drug-likeness (QED) is 0.699. The minimum Gasteiger partial charge on any atom is -0.379 e. The van der Waals surface area contributed by atoms with Crippen LogP contribution < -0.4 is 5.32 Å². The van der Waals surface area contributed by atoms with Gasteiger partial charge in [-0.05, 0) is 20.6 Å². The van der Waals surface area contributed by atoms with Crippen molar-refractivity contribution < 1.29 is 4.74 Å². The molecule has 0 spiro atoms. The Morgan fingerprint density at radius 1 is 1.10 bits per heavy atom. The molecule has 2 aliphatic heterocycles. The van der Waals surface area contributed by atoms with Crippen molar-refractivity contribution in [3.63, 3.8) is 0 Å². The van der Waals surface area contributed by atoms with Crippen LogP contribution in [0.3, 0.4) is 0 Å². The normalized spacial score (nSPS) is 29.4. The molecule has 118 valence electrons. The summed E-state index contributed by atoms with van der Waals surface area (Å²) in [4.78, 5) is 7.47. The van der Waals surface area contributed by atoms with Gasteiger partial charge in [-0.3, -0.25) is 4.90 Å². The second-order valence-corrected chi connectivity index (χ2v) is 6.41. The van der Waals surface area contributed by atoms with E-state index in [9.17, 15) is 0 Å². The van der Waals surface area contributed by atoms with Crippen molar-refractivity contribution in [2.45, 2.75) is 13.0 Å². The highest BCUT2D eigenvalue weighted by Gasteiger charge is 2.30. The molecule has 5 nitrogen and oxygen atoms in total. The summed E-state index contributed by atoms with van der Waals surface area (Å²) < 4.78 is 5.64. The van der Waals surface area contributed by atoms with E-state index in [4.69, 9.17) is 4.74 Å². The first kappa shape index (κ1) is 16.2. The molecule has 2 atom stereocenters. The Balaban J connectivity index is 1.66. The third kappa shape index (κ3) is 4.97. The molecule has 2 rings (SSSR count). The predicted octanol–water partition coefficient (Wildman–Crippen LogP) is -0.210. The molecule has 20 heavy (non-hydrogen) atoms. The van der Waals surface area contributed by atoms with Crippen LogP contribution in [-0.2, 0) is 4.74 Å². The molecule has 2 fully saturated rings. The number of rotatable bonds is 7. The van der Waals surface area contributed by atoms with Gasteiger partial charge in [0.15, 0.2) is 0 Å². The third-order valence-electron chi connectivity index (χ3n) is 4.49. The van der Waals surface area contributed by atoms with Crippen molar-refractivity contribution in [1.29, 1.82) is 0 Å². The second-order valence-electron chi connectivity index (χ2n) is 6.41.